The van der Waals surface area contributed by atoms with Crippen molar-refractivity contribution in [3.63, 3.8) is 0 Å². The van der Waals surface area contributed by atoms with Crippen LogP contribution in [-0.2, 0) is 19.1 Å². The first-order valence-corrected chi connectivity index (χ1v) is 12.4. The maximum Gasteiger partial charge on any atom is 0.361 e. The zero-order chi connectivity index (χ0) is 25.0. The molecule has 1 N–H and O–H groups in total. The zero-order valence-corrected chi connectivity index (χ0v) is 23.1. The molecule has 5 atom stereocenters. The smallest absolute Gasteiger partial charge is 0.361 e. The van der Waals surface area contributed by atoms with Crippen LogP contribution in [0.15, 0.2) is 43.1 Å². The first-order valence-electron chi connectivity index (χ1n) is 12.4. The van der Waals surface area contributed by atoms with Crippen molar-refractivity contribution in [3.05, 3.63) is 48.7 Å². The summed E-state index contributed by atoms with van der Waals surface area (Å²) < 4.78 is 16.4. The molecule has 9 heteroatoms. The molecule has 0 aliphatic carbocycles. The quantitative estimate of drug-likeness (QED) is 0.178. The van der Waals surface area contributed by atoms with Crippen molar-refractivity contribution in [3.8, 4) is 5.75 Å². The van der Waals surface area contributed by atoms with Crippen LogP contribution < -0.4 is 28.7 Å². The van der Waals surface area contributed by atoms with Crippen LogP contribution >= 0.6 is 0 Å². The first-order chi connectivity index (χ1) is 16.9. The Morgan fingerprint density at radius 2 is 1.97 bits per heavy atom. The van der Waals surface area contributed by atoms with Crippen LogP contribution in [-0.4, -0.2) is 72.0 Å². The van der Waals surface area contributed by atoms with E-state index in [1.165, 1.54) is 0 Å². The summed E-state index contributed by atoms with van der Waals surface area (Å²) in [6, 6.07) is 7.05. The second-order valence-corrected chi connectivity index (χ2v) is 9.46. The standard InChI is InChI=1S/C27H35N2O6.HI/c1-4-18-15-29(16-25(30)33-5-2)12-10-19(18)13-24(29)27(32)21-9-11-28-23-8-7-20(14-22(21)23)35-17-26(31)34-6-3;/h4,7-9,11,14,18-19,24,27,32H,1,5-6,10,12-13,15-17H2,2-3H3;1H/q+1;/p-1/t18?,19?,24?,27?,29-;/m0./s1. The molecule has 5 rings (SSSR count). The van der Waals surface area contributed by atoms with Crippen molar-refractivity contribution in [2.45, 2.75) is 38.8 Å². The number of rotatable bonds is 10. The Morgan fingerprint density at radius 1 is 1.22 bits per heavy atom. The SMILES string of the molecule is C=CC1C[N@+]2(CC(=O)OCC)CCC1CC2C(O)c1ccnc2ccc(OCC(=O)OCC)cc12.[I-]. The third-order valence-electron chi connectivity index (χ3n) is 7.52. The van der Waals surface area contributed by atoms with E-state index in [1.807, 2.05) is 25.1 Å². The summed E-state index contributed by atoms with van der Waals surface area (Å²) in [5, 5.41) is 12.5. The first kappa shape index (κ1) is 28.3. The summed E-state index contributed by atoms with van der Waals surface area (Å²) >= 11 is 0. The number of fused-ring (bicyclic) bond motifs is 4. The molecule has 1 aromatic heterocycles. The summed E-state index contributed by atoms with van der Waals surface area (Å²) in [5.41, 5.74) is 1.47. The Bertz CT molecular complexity index is 1100. The number of halogens is 1. The number of aliphatic hydroxyl groups is 1. The van der Waals surface area contributed by atoms with Crippen molar-refractivity contribution < 1.29 is 57.4 Å². The fourth-order valence-corrected chi connectivity index (χ4v) is 5.89. The Kier molecular flexibility index (Phi) is 9.71. The third-order valence-corrected chi connectivity index (χ3v) is 7.52. The molecule has 0 saturated carbocycles. The van der Waals surface area contributed by atoms with Crippen molar-refractivity contribution in [2.24, 2.45) is 11.8 Å². The number of carbonyl (C=O) groups is 2. The van der Waals surface area contributed by atoms with Crippen molar-refractivity contribution in [1.82, 2.24) is 4.98 Å². The molecule has 2 aromatic rings. The molecule has 3 saturated heterocycles. The topological polar surface area (TPSA) is 95.0 Å². The lowest BCUT2D eigenvalue weighted by Crippen LogP contribution is -3.00. The van der Waals surface area contributed by atoms with Crippen LogP contribution in [0.25, 0.3) is 10.9 Å². The van der Waals surface area contributed by atoms with E-state index in [1.54, 1.807) is 25.3 Å². The van der Waals surface area contributed by atoms with Gasteiger partial charge in [0.05, 0.1) is 31.8 Å². The van der Waals surface area contributed by atoms with Gasteiger partial charge < -0.3 is 47.8 Å². The Hall–Kier alpha value is -2.24. The van der Waals surface area contributed by atoms with Crippen LogP contribution in [0.5, 0.6) is 5.75 Å². The highest BCUT2D eigenvalue weighted by molar-refractivity contribution is 5.84. The fourth-order valence-electron chi connectivity index (χ4n) is 5.89. The van der Waals surface area contributed by atoms with E-state index in [2.05, 4.69) is 11.6 Å². The number of piperidine rings is 3. The molecular weight excluding hydrogens is 575 g/mol. The zero-order valence-electron chi connectivity index (χ0n) is 20.9. The normalized spacial score (nSPS) is 25.5. The summed E-state index contributed by atoms with van der Waals surface area (Å²) in [7, 11) is 0. The molecule has 4 heterocycles. The van der Waals surface area contributed by atoms with Gasteiger partial charge in [-0.1, -0.05) is 6.08 Å². The van der Waals surface area contributed by atoms with Gasteiger partial charge in [-0.25, -0.2) is 9.59 Å². The highest BCUT2D eigenvalue weighted by Crippen LogP contribution is 2.47. The predicted molar refractivity (Wildman–Crippen MR) is 131 cm³/mol. The lowest BCUT2D eigenvalue weighted by molar-refractivity contribution is -0.966. The van der Waals surface area contributed by atoms with Gasteiger partial charge >= 0.3 is 11.9 Å². The van der Waals surface area contributed by atoms with Gasteiger partial charge in [0.15, 0.2) is 13.2 Å². The number of ether oxygens (including phenoxy) is 3. The molecular formula is C27H35IN2O6. The number of carbonyl (C=O) groups excluding carboxylic acids is 2. The molecule has 3 fully saturated rings. The summed E-state index contributed by atoms with van der Waals surface area (Å²) in [5.74, 6) is 0.582. The van der Waals surface area contributed by atoms with Crippen LogP contribution in [0.1, 0.15) is 38.4 Å². The highest BCUT2D eigenvalue weighted by Gasteiger charge is 2.55. The maximum atomic E-state index is 12.6. The van der Waals surface area contributed by atoms with Crippen LogP contribution in [0.3, 0.4) is 0 Å². The number of esters is 2. The number of quaternary nitrogens is 1. The number of benzene rings is 1. The number of pyridine rings is 1. The van der Waals surface area contributed by atoms with E-state index >= 15 is 0 Å². The van der Waals surface area contributed by atoms with Gasteiger partial charge in [0, 0.05) is 30.3 Å². The number of aliphatic hydroxyl groups excluding tert-OH is 1. The molecule has 36 heavy (non-hydrogen) atoms. The van der Waals surface area contributed by atoms with Gasteiger partial charge in [-0.2, -0.15) is 0 Å². The Morgan fingerprint density at radius 3 is 2.69 bits per heavy atom. The minimum atomic E-state index is -0.802. The molecule has 196 valence electrons. The van der Waals surface area contributed by atoms with Gasteiger partial charge in [-0.3, -0.25) is 4.98 Å². The van der Waals surface area contributed by atoms with Gasteiger partial charge in [-0.15, -0.1) is 6.58 Å². The third kappa shape index (κ3) is 5.84. The number of nitrogens with zero attached hydrogens (tertiary/aromatic N) is 2. The number of hydrogen-bond donors (Lipinski definition) is 1. The Balaban J connectivity index is 0.00000361. The molecule has 0 spiro atoms. The summed E-state index contributed by atoms with van der Waals surface area (Å²) in [6.45, 7) is 9.86. The van der Waals surface area contributed by atoms with E-state index in [-0.39, 0.29) is 49.1 Å². The van der Waals surface area contributed by atoms with E-state index < -0.39 is 12.1 Å². The van der Waals surface area contributed by atoms with Gasteiger partial charge in [0.1, 0.15) is 17.9 Å². The van der Waals surface area contributed by atoms with E-state index in [4.69, 9.17) is 14.2 Å². The second-order valence-electron chi connectivity index (χ2n) is 9.46. The van der Waals surface area contributed by atoms with Gasteiger partial charge in [-0.05, 0) is 49.6 Å². The minimum Gasteiger partial charge on any atom is -1.00 e. The molecule has 1 aromatic carbocycles. The van der Waals surface area contributed by atoms with Gasteiger partial charge in [0.2, 0.25) is 0 Å². The van der Waals surface area contributed by atoms with Crippen molar-refractivity contribution in [2.75, 3.05) is 39.5 Å². The molecule has 3 aliphatic rings. The minimum absolute atomic E-state index is 0. The van der Waals surface area contributed by atoms with Crippen molar-refractivity contribution in [1.29, 1.82) is 0 Å². The second kappa shape index (κ2) is 12.3. The van der Waals surface area contributed by atoms with E-state index in [0.717, 1.165) is 42.4 Å². The average molecular weight is 610 g/mol. The number of hydrogen-bond acceptors (Lipinski definition) is 7. The van der Waals surface area contributed by atoms with Crippen LogP contribution in [0.4, 0.5) is 0 Å². The molecule has 3 aliphatic heterocycles. The van der Waals surface area contributed by atoms with E-state index in [9.17, 15) is 14.7 Å². The van der Waals surface area contributed by atoms with Crippen molar-refractivity contribution >= 4 is 22.8 Å². The van der Waals surface area contributed by atoms with Gasteiger partial charge in [0.25, 0.3) is 0 Å². The molecule has 2 bridgehead atoms. The van der Waals surface area contributed by atoms with E-state index in [0.29, 0.717) is 35.3 Å². The molecule has 0 amide bonds. The highest BCUT2D eigenvalue weighted by atomic mass is 127. The van der Waals surface area contributed by atoms with Crippen LogP contribution in [0.2, 0.25) is 0 Å². The monoisotopic (exact) mass is 610 g/mol. The molecule has 8 nitrogen and oxygen atoms in total. The predicted octanol–water partition coefficient (Wildman–Crippen LogP) is 0.188. The largest absolute Gasteiger partial charge is 1.00 e. The maximum absolute atomic E-state index is 12.6. The number of aromatic nitrogens is 1. The lowest BCUT2D eigenvalue weighted by Gasteiger charge is -2.57. The molecule has 0 radical (unpaired) electrons. The molecule has 4 unspecified atom stereocenters. The summed E-state index contributed by atoms with van der Waals surface area (Å²) in [6.07, 6.45) is 4.70. The Labute approximate surface area is 229 Å². The van der Waals surface area contributed by atoms with Crippen LogP contribution in [0, 0.1) is 11.8 Å². The lowest BCUT2D eigenvalue weighted by atomic mass is 9.71. The average Bonchev–Trinajstić information content (AvgIpc) is 2.86. The summed E-state index contributed by atoms with van der Waals surface area (Å²) in [4.78, 5) is 28.8. The fraction of sp³-hybridized carbons (Fsp3) is 0.519.